The van der Waals surface area contributed by atoms with Crippen LogP contribution in [0.3, 0.4) is 0 Å². The van der Waals surface area contributed by atoms with E-state index in [1.165, 1.54) is 18.2 Å². The molecule has 1 aliphatic heterocycles. The Balaban J connectivity index is 1.77. The minimum Gasteiger partial charge on any atom is -0.453 e. The van der Waals surface area contributed by atoms with Crippen molar-refractivity contribution in [3.63, 3.8) is 0 Å². The number of ether oxygens (including phenoxy) is 1. The fourth-order valence-electron chi connectivity index (χ4n) is 4.64. The quantitative estimate of drug-likeness (QED) is 0.233. The number of halogens is 4. The molecular weight excluding hydrogens is 466 g/mol. The first-order valence-corrected chi connectivity index (χ1v) is 11.2. The van der Waals surface area contributed by atoms with Crippen LogP contribution in [0, 0.1) is 23.3 Å². The van der Waals surface area contributed by atoms with E-state index in [1.54, 1.807) is 65.6 Å². The second kappa shape index (κ2) is 8.57. The van der Waals surface area contributed by atoms with Crippen LogP contribution in [0.1, 0.15) is 0 Å². The summed E-state index contributed by atoms with van der Waals surface area (Å²) in [5.74, 6) is -2.20. The lowest BCUT2D eigenvalue weighted by Gasteiger charge is -2.35. The molecule has 0 radical (unpaired) electrons. The van der Waals surface area contributed by atoms with Crippen molar-refractivity contribution in [3.8, 4) is 33.8 Å². The first-order chi connectivity index (χ1) is 17.5. The van der Waals surface area contributed by atoms with E-state index in [-0.39, 0.29) is 27.9 Å². The molecule has 5 aromatic rings. The molecule has 0 fully saturated rings. The van der Waals surface area contributed by atoms with Crippen LogP contribution >= 0.6 is 0 Å². The highest BCUT2D eigenvalue weighted by Gasteiger charge is 2.31. The van der Waals surface area contributed by atoms with Crippen molar-refractivity contribution in [2.24, 2.45) is 0 Å². The molecule has 1 aliphatic rings. The third-order valence-corrected chi connectivity index (χ3v) is 6.16. The van der Waals surface area contributed by atoms with Crippen LogP contribution in [0.25, 0.3) is 22.3 Å². The maximum absolute atomic E-state index is 15.1. The molecule has 6 rings (SSSR count). The van der Waals surface area contributed by atoms with Gasteiger partial charge in [0.2, 0.25) is 0 Å². The lowest BCUT2D eigenvalue weighted by molar-refractivity contribution is 0.477. The Morgan fingerprint density at radius 3 is 1.28 bits per heavy atom. The summed E-state index contributed by atoms with van der Waals surface area (Å²) >= 11 is 0. The summed E-state index contributed by atoms with van der Waals surface area (Å²) < 4.78 is 66.6. The molecule has 6 heteroatoms. The number of anilines is 3. The van der Waals surface area contributed by atoms with E-state index in [0.29, 0.717) is 22.9 Å². The molecule has 0 bridgehead atoms. The maximum atomic E-state index is 15.1. The molecule has 0 atom stereocenters. The first-order valence-electron chi connectivity index (χ1n) is 11.2. The fraction of sp³-hybridized carbons (Fsp3) is 0. The Kier molecular flexibility index (Phi) is 5.22. The lowest BCUT2D eigenvalue weighted by atomic mass is 9.92. The molecule has 0 amide bonds. The molecule has 176 valence electrons. The smallest absolute Gasteiger partial charge is 0.151 e. The minimum absolute atomic E-state index is 0.136. The average molecular weight is 483 g/mol. The van der Waals surface area contributed by atoms with Gasteiger partial charge in [0.05, 0.1) is 28.2 Å². The van der Waals surface area contributed by atoms with Gasteiger partial charge in [-0.1, -0.05) is 54.6 Å². The highest BCUT2D eigenvalue weighted by molar-refractivity contribution is 6.00. The fourth-order valence-corrected chi connectivity index (χ4v) is 4.64. The van der Waals surface area contributed by atoms with Gasteiger partial charge in [0, 0.05) is 11.1 Å². The van der Waals surface area contributed by atoms with E-state index < -0.39 is 23.3 Å². The lowest BCUT2D eigenvalue weighted by Crippen LogP contribution is -2.18. The van der Waals surface area contributed by atoms with Crippen molar-refractivity contribution in [2.45, 2.75) is 0 Å². The molecule has 0 saturated heterocycles. The Hall–Kier alpha value is -4.58. The topological polar surface area (TPSA) is 12.5 Å². The maximum Gasteiger partial charge on any atom is 0.151 e. The molecule has 0 unspecified atom stereocenters. The van der Waals surface area contributed by atoms with Gasteiger partial charge in [0.15, 0.2) is 11.5 Å². The van der Waals surface area contributed by atoms with E-state index in [9.17, 15) is 0 Å². The minimum atomic E-state index is -0.794. The van der Waals surface area contributed by atoms with Crippen LogP contribution in [-0.4, -0.2) is 0 Å². The zero-order valence-electron chi connectivity index (χ0n) is 18.7. The standard InChI is InChI=1S/C30H17F4NO/c31-20-10-6-11-21(32)28(20)18-8-5-9-19(29-22(33)12-7-13-23(29)34)30(18)35-24-14-1-3-16-26(24)36-27-17-4-2-15-25(27)35/h1-17H. The average Bonchev–Trinajstić information content (AvgIpc) is 2.87. The third kappa shape index (κ3) is 3.41. The van der Waals surface area contributed by atoms with E-state index in [4.69, 9.17) is 4.74 Å². The van der Waals surface area contributed by atoms with Gasteiger partial charge < -0.3 is 9.64 Å². The number of hydrogen-bond donors (Lipinski definition) is 0. The van der Waals surface area contributed by atoms with Crippen LogP contribution < -0.4 is 9.64 Å². The van der Waals surface area contributed by atoms with Crippen LogP contribution in [0.4, 0.5) is 34.6 Å². The van der Waals surface area contributed by atoms with Crippen molar-refractivity contribution >= 4 is 17.1 Å². The van der Waals surface area contributed by atoms with E-state index in [0.717, 1.165) is 24.3 Å². The van der Waals surface area contributed by atoms with E-state index in [1.807, 2.05) is 0 Å². The second-order valence-electron chi connectivity index (χ2n) is 8.27. The molecule has 5 aromatic carbocycles. The molecule has 0 aliphatic carbocycles. The summed E-state index contributed by atoms with van der Waals surface area (Å²) in [7, 11) is 0. The number of benzene rings is 5. The van der Waals surface area contributed by atoms with Crippen LogP contribution in [-0.2, 0) is 0 Å². The van der Waals surface area contributed by atoms with Gasteiger partial charge in [-0.05, 0) is 48.5 Å². The summed E-state index contributed by atoms with van der Waals surface area (Å²) in [4.78, 5) is 1.73. The number of para-hydroxylation sites is 5. The van der Waals surface area contributed by atoms with Crippen molar-refractivity contribution < 1.29 is 22.3 Å². The molecule has 2 nitrogen and oxygen atoms in total. The van der Waals surface area contributed by atoms with Crippen LogP contribution in [0.5, 0.6) is 11.5 Å². The highest BCUT2D eigenvalue weighted by atomic mass is 19.1. The number of rotatable bonds is 3. The summed E-state index contributed by atoms with van der Waals surface area (Å²) in [6, 6.07) is 26.0. The van der Waals surface area contributed by atoms with Crippen molar-refractivity contribution in [1.29, 1.82) is 0 Å². The van der Waals surface area contributed by atoms with Gasteiger partial charge in [-0.2, -0.15) is 0 Å². The van der Waals surface area contributed by atoms with Crippen molar-refractivity contribution in [1.82, 2.24) is 0 Å². The molecule has 1 heterocycles. The molecule has 0 N–H and O–H groups in total. The first kappa shape index (κ1) is 21.9. The van der Waals surface area contributed by atoms with E-state index >= 15 is 17.6 Å². The van der Waals surface area contributed by atoms with Crippen molar-refractivity contribution in [2.75, 3.05) is 4.90 Å². The van der Waals surface area contributed by atoms with Gasteiger partial charge in [-0.25, -0.2) is 17.6 Å². The van der Waals surface area contributed by atoms with E-state index in [2.05, 4.69) is 0 Å². The number of fused-ring (bicyclic) bond motifs is 2. The molecule has 36 heavy (non-hydrogen) atoms. The van der Waals surface area contributed by atoms with Gasteiger partial charge in [0.1, 0.15) is 23.3 Å². The molecule has 0 aromatic heterocycles. The Labute approximate surface area is 204 Å². The summed E-state index contributed by atoms with van der Waals surface area (Å²) in [6.45, 7) is 0. The molecule has 0 spiro atoms. The highest BCUT2D eigenvalue weighted by Crippen LogP contribution is 2.55. The Morgan fingerprint density at radius 2 is 0.833 bits per heavy atom. The van der Waals surface area contributed by atoms with Gasteiger partial charge >= 0.3 is 0 Å². The van der Waals surface area contributed by atoms with Crippen LogP contribution in [0.2, 0.25) is 0 Å². The largest absolute Gasteiger partial charge is 0.453 e. The summed E-state index contributed by atoms with van der Waals surface area (Å²) in [5.41, 5.74) is 1.00. The number of nitrogens with zero attached hydrogens (tertiary/aromatic N) is 1. The normalized spacial score (nSPS) is 12.1. The zero-order chi connectivity index (χ0) is 24.8. The molecule has 0 saturated carbocycles. The van der Waals surface area contributed by atoms with Crippen molar-refractivity contribution in [3.05, 3.63) is 126 Å². The zero-order valence-corrected chi connectivity index (χ0v) is 18.7. The van der Waals surface area contributed by atoms with Gasteiger partial charge in [-0.15, -0.1) is 0 Å². The van der Waals surface area contributed by atoms with Gasteiger partial charge in [0.25, 0.3) is 0 Å². The monoisotopic (exact) mass is 483 g/mol. The summed E-state index contributed by atoms with van der Waals surface area (Å²) in [6.07, 6.45) is 0. The van der Waals surface area contributed by atoms with Crippen LogP contribution in [0.15, 0.2) is 103 Å². The Morgan fingerprint density at radius 1 is 0.444 bits per heavy atom. The van der Waals surface area contributed by atoms with Gasteiger partial charge in [-0.3, -0.25) is 0 Å². The molecular formula is C30H17F4NO. The summed E-state index contributed by atoms with van der Waals surface area (Å²) in [5, 5.41) is 0. The predicted molar refractivity (Wildman–Crippen MR) is 132 cm³/mol. The Bertz CT molecular complexity index is 1480. The second-order valence-corrected chi connectivity index (χ2v) is 8.27. The SMILES string of the molecule is Fc1cccc(F)c1-c1cccc(-c2c(F)cccc2F)c1N1c2ccccc2Oc2ccccc21. The third-order valence-electron chi connectivity index (χ3n) is 6.16. The predicted octanol–water partition coefficient (Wildman–Crippen LogP) is 9.15. The number of hydrogen-bond acceptors (Lipinski definition) is 2.